The van der Waals surface area contributed by atoms with E-state index in [2.05, 4.69) is 58.0 Å². The van der Waals surface area contributed by atoms with Crippen molar-refractivity contribution in [1.29, 1.82) is 0 Å². The van der Waals surface area contributed by atoms with Gasteiger partial charge in [0.15, 0.2) is 0 Å². The molecule has 0 saturated heterocycles. The number of nitrogens with one attached hydrogen (secondary N) is 1. The highest BCUT2D eigenvalue weighted by atomic mass is 79.9. The topological polar surface area (TPSA) is 12.0 Å². The minimum atomic E-state index is 0.333. The summed E-state index contributed by atoms with van der Waals surface area (Å²) in [6.07, 6.45) is 0. The van der Waals surface area contributed by atoms with Gasteiger partial charge in [-0.05, 0) is 57.9 Å². The summed E-state index contributed by atoms with van der Waals surface area (Å²) < 4.78 is 1.20. The maximum absolute atomic E-state index is 3.62. The smallest absolute Gasteiger partial charge is 0.0778 e. The lowest BCUT2D eigenvalue weighted by molar-refractivity contribution is 0.644. The van der Waals surface area contributed by atoms with Gasteiger partial charge in [0.25, 0.3) is 0 Å². The molecule has 2 rings (SSSR count). The van der Waals surface area contributed by atoms with E-state index >= 15 is 0 Å². The van der Waals surface area contributed by atoms with Crippen molar-refractivity contribution < 1.29 is 0 Å². The van der Waals surface area contributed by atoms with Crippen LogP contribution in [0.25, 0.3) is 0 Å². The van der Waals surface area contributed by atoms with E-state index in [1.165, 1.54) is 19.8 Å². The van der Waals surface area contributed by atoms with Gasteiger partial charge in [-0.25, -0.2) is 0 Å². The molecule has 0 radical (unpaired) electrons. The van der Waals surface area contributed by atoms with Crippen molar-refractivity contribution >= 4 is 38.6 Å². The lowest BCUT2D eigenvalue weighted by Gasteiger charge is -2.17. The van der Waals surface area contributed by atoms with Crippen molar-refractivity contribution in [2.45, 2.75) is 19.9 Å². The standard InChI is InChI=1S/C12H14BrNS2/c1-3-14-10(11-8(2)4-6-15-11)12-9(13)5-7-16-12/h4-7,10,14H,3H2,1-2H3. The highest BCUT2D eigenvalue weighted by Gasteiger charge is 2.19. The SMILES string of the molecule is CCNC(c1sccc1C)c1sccc1Br. The van der Waals surface area contributed by atoms with Crippen LogP contribution in [0.4, 0.5) is 0 Å². The molecule has 2 heterocycles. The molecule has 0 aromatic carbocycles. The molecule has 0 amide bonds. The zero-order chi connectivity index (χ0) is 11.5. The van der Waals surface area contributed by atoms with Crippen molar-refractivity contribution in [2.75, 3.05) is 6.54 Å². The molecule has 0 aliphatic carbocycles. The fourth-order valence-corrected chi connectivity index (χ4v) is 4.47. The molecule has 1 N–H and O–H groups in total. The molecule has 0 spiro atoms. The third kappa shape index (κ3) is 2.40. The first-order valence-electron chi connectivity index (χ1n) is 5.24. The largest absolute Gasteiger partial charge is 0.305 e. The zero-order valence-electron chi connectivity index (χ0n) is 9.29. The average molecular weight is 316 g/mol. The highest BCUT2D eigenvalue weighted by molar-refractivity contribution is 9.10. The summed E-state index contributed by atoms with van der Waals surface area (Å²) in [4.78, 5) is 2.79. The zero-order valence-corrected chi connectivity index (χ0v) is 12.5. The molecule has 2 aromatic heterocycles. The van der Waals surface area contributed by atoms with Crippen LogP contribution in [0.2, 0.25) is 0 Å². The highest BCUT2D eigenvalue weighted by Crippen LogP contribution is 2.36. The van der Waals surface area contributed by atoms with Gasteiger partial charge in [-0.2, -0.15) is 0 Å². The molecule has 1 atom stereocenters. The van der Waals surface area contributed by atoms with Gasteiger partial charge in [-0.3, -0.25) is 0 Å². The Bertz CT molecular complexity index is 421. The van der Waals surface area contributed by atoms with E-state index in [-0.39, 0.29) is 0 Å². The predicted molar refractivity (Wildman–Crippen MR) is 76.6 cm³/mol. The molecule has 1 nitrogen and oxygen atoms in total. The molecule has 0 aliphatic heterocycles. The van der Waals surface area contributed by atoms with Crippen LogP contribution in [0.15, 0.2) is 27.4 Å². The maximum Gasteiger partial charge on any atom is 0.0778 e. The summed E-state index contributed by atoms with van der Waals surface area (Å²) in [5, 5.41) is 7.85. The Balaban J connectivity index is 2.39. The summed E-state index contributed by atoms with van der Waals surface area (Å²) >= 11 is 7.25. The molecule has 16 heavy (non-hydrogen) atoms. The molecule has 0 bridgehead atoms. The van der Waals surface area contributed by atoms with Gasteiger partial charge in [-0.1, -0.05) is 6.92 Å². The van der Waals surface area contributed by atoms with Crippen LogP contribution in [-0.4, -0.2) is 6.54 Å². The summed E-state index contributed by atoms with van der Waals surface area (Å²) in [7, 11) is 0. The van der Waals surface area contributed by atoms with Crippen LogP contribution < -0.4 is 5.32 Å². The van der Waals surface area contributed by atoms with Gasteiger partial charge in [-0.15, -0.1) is 22.7 Å². The molecule has 2 aromatic rings. The minimum Gasteiger partial charge on any atom is -0.305 e. The van der Waals surface area contributed by atoms with E-state index in [1.54, 1.807) is 11.3 Å². The van der Waals surface area contributed by atoms with E-state index < -0.39 is 0 Å². The number of halogens is 1. The Morgan fingerprint density at radius 3 is 2.44 bits per heavy atom. The van der Waals surface area contributed by atoms with Crippen molar-refractivity contribution in [3.05, 3.63) is 42.7 Å². The Hall–Kier alpha value is -0.160. The molecular weight excluding hydrogens is 302 g/mol. The fourth-order valence-electron chi connectivity index (χ4n) is 1.70. The van der Waals surface area contributed by atoms with Gasteiger partial charge >= 0.3 is 0 Å². The van der Waals surface area contributed by atoms with E-state index in [9.17, 15) is 0 Å². The van der Waals surface area contributed by atoms with Crippen LogP contribution in [-0.2, 0) is 0 Å². The van der Waals surface area contributed by atoms with Crippen LogP contribution in [0.5, 0.6) is 0 Å². The van der Waals surface area contributed by atoms with Crippen molar-refractivity contribution in [3.8, 4) is 0 Å². The van der Waals surface area contributed by atoms with Gasteiger partial charge in [0.1, 0.15) is 0 Å². The van der Waals surface area contributed by atoms with Crippen molar-refractivity contribution in [2.24, 2.45) is 0 Å². The summed E-state index contributed by atoms with van der Waals surface area (Å²) in [6, 6.07) is 4.64. The van der Waals surface area contributed by atoms with Crippen LogP contribution in [0, 0.1) is 6.92 Å². The van der Waals surface area contributed by atoms with Gasteiger partial charge in [0.2, 0.25) is 0 Å². The van der Waals surface area contributed by atoms with Gasteiger partial charge < -0.3 is 5.32 Å². The normalized spacial score (nSPS) is 12.9. The molecule has 0 saturated carbocycles. The average Bonchev–Trinajstić information content (AvgIpc) is 2.84. The minimum absolute atomic E-state index is 0.333. The van der Waals surface area contributed by atoms with Crippen molar-refractivity contribution in [3.63, 3.8) is 0 Å². The van der Waals surface area contributed by atoms with E-state index in [4.69, 9.17) is 0 Å². The summed E-state index contributed by atoms with van der Waals surface area (Å²) in [5.41, 5.74) is 1.37. The Morgan fingerprint density at radius 2 is 1.94 bits per heavy atom. The molecule has 86 valence electrons. The van der Waals surface area contributed by atoms with E-state index in [0.717, 1.165) is 6.54 Å². The predicted octanol–water partition coefficient (Wildman–Crippen LogP) is 4.58. The lowest BCUT2D eigenvalue weighted by atomic mass is 10.1. The van der Waals surface area contributed by atoms with Gasteiger partial charge in [0, 0.05) is 14.2 Å². The van der Waals surface area contributed by atoms with E-state index in [0.29, 0.717) is 6.04 Å². The molecule has 1 unspecified atom stereocenters. The Labute approximate surface area is 113 Å². The fraction of sp³-hybridized carbons (Fsp3) is 0.333. The number of thiophene rings is 2. The number of aryl methyl sites for hydroxylation is 1. The first-order valence-corrected chi connectivity index (χ1v) is 7.79. The molecule has 0 fully saturated rings. The third-order valence-electron chi connectivity index (χ3n) is 2.48. The second-order valence-corrected chi connectivity index (χ2v) is 6.34. The second kappa shape index (κ2) is 5.45. The quantitative estimate of drug-likeness (QED) is 0.870. The molecule has 0 aliphatic rings. The first-order chi connectivity index (χ1) is 7.74. The van der Waals surface area contributed by atoms with E-state index in [1.807, 2.05) is 11.3 Å². The molecule has 4 heteroatoms. The van der Waals surface area contributed by atoms with Crippen molar-refractivity contribution in [1.82, 2.24) is 5.32 Å². The third-order valence-corrected chi connectivity index (χ3v) is 5.50. The maximum atomic E-state index is 3.62. The second-order valence-electron chi connectivity index (χ2n) is 3.59. The van der Waals surface area contributed by atoms with Crippen LogP contribution in [0.3, 0.4) is 0 Å². The summed E-state index contributed by atoms with van der Waals surface area (Å²) in [5.74, 6) is 0. The number of hydrogen-bond donors (Lipinski definition) is 1. The van der Waals surface area contributed by atoms with Gasteiger partial charge in [0.05, 0.1) is 6.04 Å². The number of hydrogen-bond acceptors (Lipinski definition) is 3. The monoisotopic (exact) mass is 315 g/mol. The molecular formula is C12H14BrNS2. The van der Waals surface area contributed by atoms with Crippen LogP contribution in [0.1, 0.15) is 28.3 Å². The Morgan fingerprint density at radius 1 is 1.25 bits per heavy atom. The van der Waals surface area contributed by atoms with Crippen LogP contribution >= 0.6 is 38.6 Å². The number of rotatable bonds is 4. The first kappa shape index (κ1) is 12.3. The Kier molecular flexibility index (Phi) is 4.19. The summed E-state index contributed by atoms with van der Waals surface area (Å²) in [6.45, 7) is 5.31. The lowest BCUT2D eigenvalue weighted by Crippen LogP contribution is -2.21.